The molecule has 0 aliphatic rings. The van der Waals surface area contributed by atoms with Gasteiger partial charge in [0.15, 0.2) is 0 Å². The van der Waals surface area contributed by atoms with Gasteiger partial charge in [-0.1, -0.05) is 12.1 Å². The highest BCUT2D eigenvalue weighted by atomic mass is 32.2. The molecule has 0 unspecified atom stereocenters. The van der Waals surface area contributed by atoms with Crippen LogP contribution in [-0.2, 0) is 21.4 Å². The fourth-order valence-corrected chi connectivity index (χ4v) is 2.92. The van der Waals surface area contributed by atoms with Gasteiger partial charge in [-0.05, 0) is 44.9 Å². The van der Waals surface area contributed by atoms with Crippen LogP contribution in [0.2, 0.25) is 0 Å². The number of aliphatic carboxylic acids is 1. The third kappa shape index (κ3) is 6.53. The van der Waals surface area contributed by atoms with E-state index in [0.29, 0.717) is 12.1 Å². The SMILES string of the molecule is CC(C)(C)NS(=O)(=O)Nc1cccc(CCC(=O)O)c1. The highest BCUT2D eigenvalue weighted by Crippen LogP contribution is 2.14. The first-order chi connectivity index (χ1) is 9.07. The van der Waals surface area contributed by atoms with Crippen LogP contribution in [0.1, 0.15) is 32.8 Å². The summed E-state index contributed by atoms with van der Waals surface area (Å²) in [5.41, 5.74) is 0.597. The second kappa shape index (κ2) is 6.23. The Kier molecular flexibility index (Phi) is 5.13. The number of carbonyl (C=O) groups is 1. The molecule has 0 aliphatic carbocycles. The predicted octanol–water partition coefficient (Wildman–Crippen LogP) is 1.75. The van der Waals surface area contributed by atoms with E-state index in [4.69, 9.17) is 5.11 Å². The molecule has 1 aromatic rings. The maximum absolute atomic E-state index is 11.9. The first-order valence-electron chi connectivity index (χ1n) is 6.20. The summed E-state index contributed by atoms with van der Waals surface area (Å²) >= 11 is 0. The number of aryl methyl sites for hydroxylation is 1. The van der Waals surface area contributed by atoms with E-state index in [1.54, 1.807) is 45.0 Å². The molecule has 7 heteroatoms. The van der Waals surface area contributed by atoms with Crippen LogP contribution in [0.3, 0.4) is 0 Å². The Balaban J connectivity index is 2.78. The number of carboxylic acid groups (broad SMARTS) is 1. The molecule has 0 amide bonds. The minimum Gasteiger partial charge on any atom is -0.481 e. The Hall–Kier alpha value is -1.60. The maximum atomic E-state index is 11.9. The van der Waals surface area contributed by atoms with Crippen molar-refractivity contribution >= 4 is 21.9 Å². The molecular weight excluding hydrogens is 280 g/mol. The Labute approximate surface area is 119 Å². The Morgan fingerprint density at radius 1 is 1.30 bits per heavy atom. The lowest BCUT2D eigenvalue weighted by atomic mass is 10.1. The summed E-state index contributed by atoms with van der Waals surface area (Å²) in [6.45, 7) is 5.24. The summed E-state index contributed by atoms with van der Waals surface area (Å²) in [4.78, 5) is 10.5. The van der Waals surface area contributed by atoms with Crippen molar-refractivity contribution in [2.24, 2.45) is 0 Å². The number of hydrogen-bond acceptors (Lipinski definition) is 3. The minimum absolute atomic E-state index is 0.0104. The third-order valence-corrected chi connectivity index (χ3v) is 3.63. The molecule has 0 aromatic heterocycles. The highest BCUT2D eigenvalue weighted by Gasteiger charge is 2.19. The molecule has 0 atom stereocenters. The second-order valence-electron chi connectivity index (χ2n) is 5.55. The lowest BCUT2D eigenvalue weighted by Gasteiger charge is -2.21. The van der Waals surface area contributed by atoms with Gasteiger partial charge in [0.25, 0.3) is 10.2 Å². The largest absolute Gasteiger partial charge is 0.481 e. The van der Waals surface area contributed by atoms with E-state index in [1.165, 1.54) is 0 Å². The van der Waals surface area contributed by atoms with Crippen molar-refractivity contribution in [3.8, 4) is 0 Å². The molecular formula is C13H20N2O4S. The van der Waals surface area contributed by atoms with Crippen molar-refractivity contribution in [2.75, 3.05) is 4.72 Å². The van der Waals surface area contributed by atoms with Crippen LogP contribution in [0.15, 0.2) is 24.3 Å². The van der Waals surface area contributed by atoms with Gasteiger partial charge >= 0.3 is 5.97 Å². The van der Waals surface area contributed by atoms with E-state index in [1.807, 2.05) is 0 Å². The lowest BCUT2D eigenvalue weighted by molar-refractivity contribution is -0.136. The van der Waals surface area contributed by atoms with Crippen LogP contribution < -0.4 is 9.44 Å². The zero-order chi connectivity index (χ0) is 15.4. The van der Waals surface area contributed by atoms with Crippen molar-refractivity contribution in [1.29, 1.82) is 0 Å². The molecule has 6 nitrogen and oxygen atoms in total. The van der Waals surface area contributed by atoms with Crippen molar-refractivity contribution < 1.29 is 18.3 Å². The zero-order valence-electron chi connectivity index (χ0n) is 11.8. The van der Waals surface area contributed by atoms with Gasteiger partial charge in [0, 0.05) is 12.0 Å². The number of nitrogens with one attached hydrogen (secondary N) is 2. The van der Waals surface area contributed by atoms with E-state index in [9.17, 15) is 13.2 Å². The van der Waals surface area contributed by atoms with Crippen LogP contribution in [0, 0.1) is 0 Å². The normalized spacial score (nSPS) is 12.2. The maximum Gasteiger partial charge on any atom is 0.303 e. The number of benzene rings is 1. The van der Waals surface area contributed by atoms with Crippen LogP contribution >= 0.6 is 0 Å². The van der Waals surface area contributed by atoms with Gasteiger partial charge < -0.3 is 5.11 Å². The third-order valence-electron chi connectivity index (χ3n) is 2.25. The van der Waals surface area contributed by atoms with Crippen LogP contribution in [0.4, 0.5) is 5.69 Å². The average molecular weight is 300 g/mol. The van der Waals surface area contributed by atoms with Crippen LogP contribution in [0.5, 0.6) is 0 Å². The lowest BCUT2D eigenvalue weighted by Crippen LogP contribution is -2.43. The van der Waals surface area contributed by atoms with Gasteiger partial charge in [-0.25, -0.2) is 0 Å². The number of anilines is 1. The molecule has 0 saturated heterocycles. The molecule has 112 valence electrons. The minimum atomic E-state index is -3.66. The van der Waals surface area contributed by atoms with Crippen LogP contribution in [0.25, 0.3) is 0 Å². The van der Waals surface area contributed by atoms with Crippen molar-refractivity contribution in [1.82, 2.24) is 4.72 Å². The summed E-state index contributed by atoms with van der Waals surface area (Å²) in [6, 6.07) is 6.70. The van der Waals surface area contributed by atoms with Gasteiger partial charge in [-0.15, -0.1) is 0 Å². The van der Waals surface area contributed by atoms with E-state index in [0.717, 1.165) is 5.56 Å². The van der Waals surface area contributed by atoms with Crippen molar-refractivity contribution in [3.05, 3.63) is 29.8 Å². The fraction of sp³-hybridized carbons (Fsp3) is 0.462. The molecule has 0 spiro atoms. The molecule has 0 saturated carbocycles. The van der Waals surface area contributed by atoms with Gasteiger partial charge in [0.1, 0.15) is 0 Å². The molecule has 20 heavy (non-hydrogen) atoms. The van der Waals surface area contributed by atoms with E-state index < -0.39 is 21.7 Å². The molecule has 1 aromatic carbocycles. The molecule has 0 bridgehead atoms. The summed E-state index contributed by atoms with van der Waals surface area (Å²) in [6.07, 6.45) is 0.369. The quantitative estimate of drug-likeness (QED) is 0.746. The fourth-order valence-electron chi connectivity index (χ4n) is 1.63. The Bertz CT molecular complexity index is 576. The average Bonchev–Trinajstić information content (AvgIpc) is 2.22. The number of hydrogen-bond donors (Lipinski definition) is 3. The first kappa shape index (κ1) is 16.5. The van der Waals surface area contributed by atoms with E-state index in [-0.39, 0.29) is 6.42 Å². The molecule has 1 rings (SSSR count). The molecule has 0 heterocycles. The predicted molar refractivity (Wildman–Crippen MR) is 77.8 cm³/mol. The highest BCUT2D eigenvalue weighted by molar-refractivity contribution is 7.90. The standard InChI is InChI=1S/C13H20N2O4S/c1-13(2,3)15-20(18,19)14-11-6-4-5-10(9-11)7-8-12(16)17/h4-6,9,14-15H,7-8H2,1-3H3,(H,16,17). The smallest absolute Gasteiger partial charge is 0.303 e. The van der Waals surface area contributed by atoms with Crippen molar-refractivity contribution in [3.63, 3.8) is 0 Å². The number of rotatable bonds is 6. The second-order valence-corrected chi connectivity index (χ2v) is 6.97. The Morgan fingerprint density at radius 2 is 1.95 bits per heavy atom. The monoisotopic (exact) mass is 300 g/mol. The van der Waals surface area contributed by atoms with E-state index >= 15 is 0 Å². The molecule has 0 fully saturated rings. The van der Waals surface area contributed by atoms with Gasteiger partial charge in [0.05, 0.1) is 5.69 Å². The summed E-state index contributed by atoms with van der Waals surface area (Å²) in [5, 5.41) is 8.64. The summed E-state index contributed by atoms with van der Waals surface area (Å²) in [7, 11) is -3.66. The zero-order valence-corrected chi connectivity index (χ0v) is 12.6. The van der Waals surface area contributed by atoms with Crippen LogP contribution in [-0.4, -0.2) is 25.0 Å². The molecule has 3 N–H and O–H groups in total. The van der Waals surface area contributed by atoms with Gasteiger partial charge in [-0.3, -0.25) is 9.52 Å². The van der Waals surface area contributed by atoms with Gasteiger partial charge in [-0.2, -0.15) is 13.1 Å². The topological polar surface area (TPSA) is 95.5 Å². The molecule has 0 aliphatic heterocycles. The summed E-state index contributed by atoms with van der Waals surface area (Å²) in [5.74, 6) is -0.884. The van der Waals surface area contributed by atoms with Crippen molar-refractivity contribution in [2.45, 2.75) is 39.2 Å². The van der Waals surface area contributed by atoms with E-state index in [2.05, 4.69) is 9.44 Å². The first-order valence-corrected chi connectivity index (χ1v) is 7.68. The van der Waals surface area contributed by atoms with Gasteiger partial charge in [0.2, 0.25) is 0 Å². The molecule has 0 radical (unpaired) electrons. The summed E-state index contributed by atoms with van der Waals surface area (Å²) < 4.78 is 28.7. The number of carboxylic acids is 1. The Morgan fingerprint density at radius 3 is 2.50 bits per heavy atom.